The highest BCUT2D eigenvalue weighted by atomic mass is 35.5. The Morgan fingerprint density at radius 3 is 2.88 bits per heavy atom. The third kappa shape index (κ3) is 4.57. The minimum atomic E-state index is -0.403. The van der Waals surface area contributed by atoms with Crippen LogP contribution in [0.4, 0.5) is 5.95 Å². The van der Waals surface area contributed by atoms with E-state index in [4.69, 9.17) is 38.0 Å². The largest absolute Gasteiger partial charge is 0.488 e. The van der Waals surface area contributed by atoms with Crippen LogP contribution in [0.1, 0.15) is 49.8 Å². The van der Waals surface area contributed by atoms with Crippen LogP contribution in [0.5, 0.6) is 5.75 Å². The van der Waals surface area contributed by atoms with E-state index in [-0.39, 0.29) is 12.4 Å². The second kappa shape index (κ2) is 10.0. The average molecular weight is 515 g/mol. The molecule has 1 N–H and O–H groups in total. The molecule has 6 nitrogen and oxygen atoms in total. The van der Waals surface area contributed by atoms with Gasteiger partial charge in [-0.05, 0) is 37.5 Å². The number of ether oxygens (including phenoxy) is 1. The van der Waals surface area contributed by atoms with Crippen molar-refractivity contribution in [1.82, 2.24) is 14.8 Å². The van der Waals surface area contributed by atoms with Gasteiger partial charge in [0.15, 0.2) is 5.78 Å². The van der Waals surface area contributed by atoms with E-state index in [0.717, 1.165) is 47.4 Å². The van der Waals surface area contributed by atoms with E-state index in [1.807, 2.05) is 35.0 Å². The average Bonchev–Trinajstić information content (AvgIpc) is 3.24. The molecule has 34 heavy (non-hydrogen) atoms. The van der Waals surface area contributed by atoms with Gasteiger partial charge in [0.1, 0.15) is 18.4 Å². The van der Waals surface area contributed by atoms with Gasteiger partial charge in [-0.25, -0.2) is 4.68 Å². The van der Waals surface area contributed by atoms with Crippen molar-refractivity contribution in [3.8, 4) is 5.75 Å². The zero-order chi connectivity index (χ0) is 23.7. The third-order valence-electron chi connectivity index (χ3n) is 5.90. The zero-order valence-electron chi connectivity index (χ0n) is 18.7. The Labute approximate surface area is 212 Å². The Bertz CT molecular complexity index is 1270. The number of allylic oxidation sites excluding steroid dienone is 2. The van der Waals surface area contributed by atoms with Crippen molar-refractivity contribution >= 4 is 46.7 Å². The van der Waals surface area contributed by atoms with Crippen molar-refractivity contribution < 1.29 is 9.53 Å². The van der Waals surface area contributed by atoms with Crippen molar-refractivity contribution in [2.45, 2.75) is 50.4 Å². The van der Waals surface area contributed by atoms with E-state index < -0.39 is 6.04 Å². The first kappa shape index (κ1) is 23.3. The minimum absolute atomic E-state index is 0.137. The van der Waals surface area contributed by atoms with Gasteiger partial charge >= 0.3 is 0 Å². The van der Waals surface area contributed by atoms with Crippen molar-refractivity contribution in [2.75, 3.05) is 11.1 Å². The lowest BCUT2D eigenvalue weighted by Crippen LogP contribution is -2.31. The molecule has 1 atom stereocenters. The number of nitrogens with one attached hydrogen (secondary N) is 1. The van der Waals surface area contributed by atoms with E-state index in [1.54, 1.807) is 23.9 Å². The summed E-state index contributed by atoms with van der Waals surface area (Å²) in [6.07, 6.45) is 3.20. The van der Waals surface area contributed by atoms with Crippen molar-refractivity contribution in [3.63, 3.8) is 0 Å². The number of aromatic nitrogens is 3. The Morgan fingerprint density at radius 2 is 2.06 bits per heavy atom. The fourth-order valence-electron chi connectivity index (χ4n) is 4.31. The maximum Gasteiger partial charge on any atom is 0.227 e. The number of carbonyl (C=O) groups excluding carboxylic acids is 1. The van der Waals surface area contributed by atoms with Crippen LogP contribution in [-0.4, -0.2) is 26.3 Å². The van der Waals surface area contributed by atoms with Crippen LogP contribution < -0.4 is 10.1 Å². The smallest absolute Gasteiger partial charge is 0.227 e. The lowest BCUT2D eigenvalue weighted by atomic mass is 9.85. The maximum atomic E-state index is 13.1. The molecule has 9 heteroatoms. The third-order valence-corrected chi connectivity index (χ3v) is 7.53. The monoisotopic (exact) mass is 514 g/mol. The van der Waals surface area contributed by atoms with Gasteiger partial charge in [-0.15, -0.1) is 5.10 Å². The SMILES string of the molecule is CCCSc1nc2n(n1)C(c1ccccc1OCc1ccc(Cl)cc1Cl)C1=C(CCCC1=O)N2. The number of Topliss-reactive ketones (excluding diaryl/α,β-unsaturated/α-hetero) is 1. The van der Waals surface area contributed by atoms with E-state index in [9.17, 15) is 4.79 Å². The molecule has 0 fully saturated rings. The molecule has 0 saturated carbocycles. The molecular formula is C25H24Cl2N4O2S. The van der Waals surface area contributed by atoms with Crippen LogP contribution in [0.3, 0.4) is 0 Å². The zero-order valence-corrected chi connectivity index (χ0v) is 21.0. The predicted octanol–water partition coefficient (Wildman–Crippen LogP) is 6.69. The Morgan fingerprint density at radius 1 is 1.21 bits per heavy atom. The molecule has 3 aromatic rings. The normalized spacial score (nSPS) is 17.3. The quantitative estimate of drug-likeness (QED) is 0.354. The van der Waals surface area contributed by atoms with Crippen molar-refractivity contribution in [3.05, 3.63) is 74.9 Å². The first-order chi connectivity index (χ1) is 16.5. The van der Waals surface area contributed by atoms with Crippen LogP contribution in [0.25, 0.3) is 0 Å². The number of nitrogens with zero attached hydrogens (tertiary/aromatic N) is 3. The Balaban J connectivity index is 1.54. The van der Waals surface area contributed by atoms with Crippen molar-refractivity contribution in [1.29, 1.82) is 0 Å². The van der Waals surface area contributed by atoms with Gasteiger partial charge < -0.3 is 10.1 Å². The lowest BCUT2D eigenvalue weighted by molar-refractivity contribution is -0.116. The molecular weight excluding hydrogens is 491 g/mol. The van der Waals surface area contributed by atoms with Gasteiger partial charge in [0, 0.05) is 44.6 Å². The summed E-state index contributed by atoms with van der Waals surface area (Å²) in [5, 5.41) is 9.99. The van der Waals surface area contributed by atoms with Crippen LogP contribution in [0, 0.1) is 0 Å². The first-order valence-electron chi connectivity index (χ1n) is 11.3. The van der Waals surface area contributed by atoms with Gasteiger partial charge in [0.05, 0.1) is 0 Å². The number of thioether (sulfide) groups is 1. The molecule has 1 aliphatic carbocycles. The number of fused-ring (bicyclic) bond motifs is 1. The summed E-state index contributed by atoms with van der Waals surface area (Å²) >= 11 is 14.0. The van der Waals surface area contributed by atoms with Gasteiger partial charge in [-0.2, -0.15) is 4.98 Å². The van der Waals surface area contributed by atoms with Gasteiger partial charge in [-0.1, -0.05) is 66.2 Å². The molecule has 0 saturated heterocycles. The van der Waals surface area contributed by atoms with E-state index >= 15 is 0 Å². The lowest BCUT2D eigenvalue weighted by Gasteiger charge is -2.32. The number of benzene rings is 2. The van der Waals surface area contributed by atoms with Gasteiger partial charge in [-0.3, -0.25) is 4.79 Å². The number of hydrogen-bond donors (Lipinski definition) is 1. The number of halogens is 2. The molecule has 0 radical (unpaired) electrons. The first-order valence-corrected chi connectivity index (χ1v) is 13.1. The Hall–Kier alpha value is -2.48. The van der Waals surface area contributed by atoms with E-state index in [1.165, 1.54) is 0 Å². The highest BCUT2D eigenvalue weighted by molar-refractivity contribution is 7.99. The molecule has 2 heterocycles. The number of carbonyl (C=O) groups is 1. The Kier molecular flexibility index (Phi) is 6.86. The molecule has 1 aromatic heterocycles. The molecule has 0 bridgehead atoms. The number of para-hydroxylation sites is 1. The molecule has 176 valence electrons. The number of hydrogen-bond acceptors (Lipinski definition) is 6. The summed E-state index contributed by atoms with van der Waals surface area (Å²) in [5.74, 6) is 2.41. The summed E-state index contributed by atoms with van der Waals surface area (Å²) in [6.45, 7) is 2.41. The van der Waals surface area contributed by atoms with Gasteiger partial charge in [0.25, 0.3) is 0 Å². The second-order valence-corrected chi connectivity index (χ2v) is 10.2. The predicted molar refractivity (Wildman–Crippen MR) is 136 cm³/mol. The molecule has 2 aliphatic rings. The maximum absolute atomic E-state index is 13.1. The summed E-state index contributed by atoms with van der Waals surface area (Å²) < 4.78 is 8.08. The molecule has 0 amide bonds. The van der Waals surface area contributed by atoms with Gasteiger partial charge in [0.2, 0.25) is 11.1 Å². The van der Waals surface area contributed by atoms with Crippen LogP contribution in [0.2, 0.25) is 10.0 Å². The fraction of sp³-hybridized carbons (Fsp3) is 0.320. The molecule has 2 aromatic carbocycles. The minimum Gasteiger partial charge on any atom is -0.488 e. The summed E-state index contributed by atoms with van der Waals surface area (Å²) in [6, 6.07) is 12.7. The topological polar surface area (TPSA) is 69.0 Å². The summed E-state index contributed by atoms with van der Waals surface area (Å²) in [7, 11) is 0. The highest BCUT2D eigenvalue weighted by Crippen LogP contribution is 2.43. The fourth-order valence-corrected chi connectivity index (χ4v) is 5.46. The van der Waals surface area contributed by atoms with Crippen LogP contribution in [0.15, 0.2) is 58.9 Å². The second-order valence-electron chi connectivity index (χ2n) is 8.27. The molecule has 1 unspecified atom stereocenters. The molecule has 1 aliphatic heterocycles. The number of rotatable bonds is 7. The van der Waals surface area contributed by atoms with Crippen molar-refractivity contribution in [2.24, 2.45) is 0 Å². The summed E-state index contributed by atoms with van der Waals surface area (Å²) in [5.41, 5.74) is 3.38. The summed E-state index contributed by atoms with van der Waals surface area (Å²) in [4.78, 5) is 17.8. The van der Waals surface area contributed by atoms with Crippen LogP contribution in [-0.2, 0) is 11.4 Å². The van der Waals surface area contributed by atoms with Crippen LogP contribution >= 0.6 is 35.0 Å². The highest BCUT2D eigenvalue weighted by Gasteiger charge is 2.38. The van der Waals surface area contributed by atoms with E-state index in [2.05, 4.69) is 12.2 Å². The molecule has 0 spiro atoms. The van der Waals surface area contributed by atoms with E-state index in [0.29, 0.717) is 33.3 Å². The standard InChI is InChI=1S/C25H24Cl2N4O2S/c1-2-12-34-25-29-24-28-19-7-5-8-20(32)22(19)23(31(24)30-25)17-6-3-4-9-21(17)33-14-15-10-11-16(26)13-18(15)27/h3-4,6,9-11,13,23H,2,5,7-8,12,14H2,1H3,(H,28,29,30). The number of anilines is 1. The molecule has 5 rings (SSSR count). The number of ketones is 1.